The predicted molar refractivity (Wildman–Crippen MR) is 128 cm³/mol. The summed E-state index contributed by atoms with van der Waals surface area (Å²) in [7, 11) is 0. The van der Waals surface area contributed by atoms with Gasteiger partial charge in [0.15, 0.2) is 11.6 Å². The normalized spacial score (nSPS) is 13.6. The van der Waals surface area contributed by atoms with Crippen molar-refractivity contribution in [2.45, 2.75) is 0 Å². The summed E-state index contributed by atoms with van der Waals surface area (Å²) in [5, 5.41) is 28.6. The van der Waals surface area contributed by atoms with Gasteiger partial charge in [-0.05, 0) is 28.6 Å². The van der Waals surface area contributed by atoms with E-state index in [1.807, 2.05) is 4.90 Å². The van der Waals surface area contributed by atoms with Gasteiger partial charge >= 0.3 is 0 Å². The molecule has 0 bridgehead atoms. The number of rotatable bonds is 5. The van der Waals surface area contributed by atoms with Crippen molar-refractivity contribution >= 4 is 28.5 Å². The third-order valence-corrected chi connectivity index (χ3v) is 6.24. The fraction of sp³-hybridized carbons (Fsp3) is 0.174. The number of tetrazole rings is 1. The maximum absolute atomic E-state index is 14.8. The first kappa shape index (κ1) is 22.9. The second-order valence-electron chi connectivity index (χ2n) is 8.39. The van der Waals surface area contributed by atoms with Crippen LogP contribution in [0, 0.1) is 17.1 Å². The Bertz CT molecular complexity index is 1710. The number of ketones is 1. The van der Waals surface area contributed by atoms with Gasteiger partial charge in [-0.3, -0.25) is 9.59 Å². The van der Waals surface area contributed by atoms with E-state index in [0.29, 0.717) is 30.3 Å². The number of anilines is 1. The molecule has 0 saturated carbocycles. The highest BCUT2D eigenvalue weighted by molar-refractivity contribution is 6.45. The summed E-state index contributed by atoms with van der Waals surface area (Å²) in [4.78, 5) is 36.5. The molecule has 6 rings (SSSR count). The van der Waals surface area contributed by atoms with E-state index < -0.39 is 17.5 Å². The molecule has 14 nitrogen and oxygen atoms in total. The van der Waals surface area contributed by atoms with Crippen LogP contribution in [0.4, 0.5) is 10.3 Å². The van der Waals surface area contributed by atoms with Crippen molar-refractivity contribution in [2.75, 3.05) is 31.1 Å². The first-order valence-electron chi connectivity index (χ1n) is 11.4. The monoisotopic (exact) mass is 512 g/mol. The zero-order valence-corrected chi connectivity index (χ0v) is 19.6. The van der Waals surface area contributed by atoms with Gasteiger partial charge in [0.1, 0.15) is 0 Å². The SMILES string of the molecule is N#Cc1cccc(-n2nnnc2N2CCN(C(=O)C(=O)c3c[nH]c4c(-n5ccnn5)ncc(F)c34)CC2)c1. The smallest absolute Gasteiger partial charge is 0.295 e. The fourth-order valence-corrected chi connectivity index (χ4v) is 4.39. The number of halogens is 1. The first-order valence-corrected chi connectivity index (χ1v) is 11.4. The zero-order valence-electron chi connectivity index (χ0n) is 19.6. The van der Waals surface area contributed by atoms with Crippen LogP contribution in [0.1, 0.15) is 15.9 Å². The summed E-state index contributed by atoms with van der Waals surface area (Å²) < 4.78 is 17.6. The van der Waals surface area contributed by atoms with Crippen molar-refractivity contribution < 1.29 is 14.0 Å². The third kappa shape index (κ3) is 3.80. The van der Waals surface area contributed by atoms with Crippen molar-refractivity contribution in [2.24, 2.45) is 0 Å². The third-order valence-electron chi connectivity index (χ3n) is 6.24. The molecule has 1 aliphatic heterocycles. The highest BCUT2D eigenvalue weighted by atomic mass is 19.1. The van der Waals surface area contributed by atoms with Gasteiger partial charge in [-0.1, -0.05) is 16.4 Å². The summed E-state index contributed by atoms with van der Waals surface area (Å²) in [6, 6.07) is 8.95. The van der Waals surface area contributed by atoms with E-state index in [1.54, 1.807) is 24.3 Å². The number of nitrogens with zero attached hydrogens (tertiary/aromatic N) is 11. The molecule has 0 spiro atoms. The van der Waals surface area contributed by atoms with Gasteiger partial charge in [-0.2, -0.15) is 9.94 Å². The average Bonchev–Trinajstić information content (AvgIpc) is 3.74. The Morgan fingerprint density at radius 2 is 1.97 bits per heavy atom. The molecule has 5 heterocycles. The number of fused-ring (bicyclic) bond motifs is 1. The van der Waals surface area contributed by atoms with Crippen LogP contribution in [0.15, 0.2) is 49.1 Å². The molecule has 1 aromatic carbocycles. The van der Waals surface area contributed by atoms with E-state index in [-0.39, 0.29) is 35.4 Å². The van der Waals surface area contributed by atoms with Crippen LogP contribution in [0.25, 0.3) is 22.4 Å². The Morgan fingerprint density at radius 1 is 1.13 bits per heavy atom. The Balaban J connectivity index is 1.20. The number of pyridine rings is 1. The summed E-state index contributed by atoms with van der Waals surface area (Å²) >= 11 is 0. The number of Topliss-reactive ketones (excluding diaryl/α,β-unsaturated/α-hetero) is 1. The molecule has 38 heavy (non-hydrogen) atoms. The Morgan fingerprint density at radius 3 is 2.74 bits per heavy atom. The molecule has 1 aliphatic rings. The number of hydrogen-bond acceptors (Lipinski definition) is 10. The average molecular weight is 512 g/mol. The molecule has 1 amide bonds. The van der Waals surface area contributed by atoms with Crippen molar-refractivity contribution in [3.8, 4) is 17.6 Å². The van der Waals surface area contributed by atoms with Gasteiger partial charge in [-0.25, -0.2) is 14.1 Å². The maximum atomic E-state index is 14.8. The molecule has 0 unspecified atom stereocenters. The van der Waals surface area contributed by atoms with Crippen LogP contribution in [-0.4, -0.2) is 87.9 Å². The van der Waals surface area contributed by atoms with Crippen molar-refractivity contribution in [3.63, 3.8) is 0 Å². The number of nitrogens with one attached hydrogen (secondary N) is 1. The molecule has 0 radical (unpaired) electrons. The van der Waals surface area contributed by atoms with Crippen LogP contribution >= 0.6 is 0 Å². The number of amides is 1. The molecule has 1 saturated heterocycles. The number of aromatic amines is 1. The molecule has 0 atom stereocenters. The highest BCUT2D eigenvalue weighted by Gasteiger charge is 2.31. The van der Waals surface area contributed by atoms with E-state index in [9.17, 15) is 19.2 Å². The Kier molecular flexibility index (Phi) is 5.53. The summed E-state index contributed by atoms with van der Waals surface area (Å²) in [5.41, 5.74) is 1.23. The van der Waals surface area contributed by atoms with Crippen LogP contribution in [-0.2, 0) is 4.79 Å². The van der Waals surface area contributed by atoms with Crippen LogP contribution < -0.4 is 4.90 Å². The number of carbonyl (C=O) groups excluding carboxylic acids is 2. The summed E-state index contributed by atoms with van der Waals surface area (Å²) in [6.07, 6.45) is 5.25. The van der Waals surface area contributed by atoms with Crippen molar-refractivity contribution in [1.82, 2.24) is 50.1 Å². The molecule has 188 valence electrons. The van der Waals surface area contributed by atoms with E-state index in [1.165, 1.54) is 32.9 Å². The minimum absolute atomic E-state index is 0.0405. The predicted octanol–water partition coefficient (Wildman–Crippen LogP) is 0.662. The van der Waals surface area contributed by atoms with Crippen LogP contribution in [0.2, 0.25) is 0 Å². The molecule has 5 aromatic rings. The second-order valence-corrected chi connectivity index (χ2v) is 8.39. The molecule has 4 aromatic heterocycles. The Hall–Kier alpha value is -5.52. The lowest BCUT2D eigenvalue weighted by atomic mass is 10.1. The van der Waals surface area contributed by atoms with Crippen LogP contribution in [0.3, 0.4) is 0 Å². The summed E-state index contributed by atoms with van der Waals surface area (Å²) in [6.45, 7) is 1.18. The largest absolute Gasteiger partial charge is 0.357 e. The standard InChI is InChI=1S/C23H17FN12O2/c24-17-13-27-21(35-5-4-28-31-35)19-18(17)16(12-26-19)20(37)22(38)33-6-8-34(9-7-33)23-29-30-32-36(23)15-3-1-2-14(10-15)11-25/h1-5,10,12-13,26H,6-9H2. The number of nitriles is 1. The zero-order chi connectivity index (χ0) is 26.2. The van der Waals surface area contributed by atoms with Crippen LogP contribution in [0.5, 0.6) is 0 Å². The van der Waals surface area contributed by atoms with Gasteiger partial charge in [0.25, 0.3) is 11.7 Å². The number of aromatic nitrogens is 9. The van der Waals surface area contributed by atoms with Crippen molar-refractivity contribution in [3.05, 3.63) is 66.0 Å². The molecule has 1 N–H and O–H groups in total. The van der Waals surface area contributed by atoms with E-state index in [4.69, 9.17) is 0 Å². The number of hydrogen-bond donors (Lipinski definition) is 1. The first-order chi connectivity index (χ1) is 18.5. The topological polar surface area (TPSA) is 167 Å². The molecular formula is C23H17FN12O2. The molecule has 1 fully saturated rings. The van der Waals surface area contributed by atoms with Gasteiger partial charge in [0, 0.05) is 32.4 Å². The van der Waals surface area contributed by atoms with E-state index in [0.717, 1.165) is 6.20 Å². The molecule has 15 heteroatoms. The van der Waals surface area contributed by atoms with Gasteiger partial charge in [0.05, 0.1) is 52.4 Å². The lowest BCUT2D eigenvalue weighted by Crippen LogP contribution is -2.51. The lowest BCUT2D eigenvalue weighted by molar-refractivity contribution is -0.126. The lowest BCUT2D eigenvalue weighted by Gasteiger charge is -2.34. The molecular weight excluding hydrogens is 495 g/mol. The highest BCUT2D eigenvalue weighted by Crippen LogP contribution is 2.26. The quantitative estimate of drug-likeness (QED) is 0.261. The molecule has 0 aliphatic carbocycles. The fourth-order valence-electron chi connectivity index (χ4n) is 4.39. The minimum Gasteiger partial charge on any atom is -0.357 e. The number of H-pyrrole nitrogens is 1. The van der Waals surface area contributed by atoms with E-state index >= 15 is 0 Å². The second kappa shape index (κ2) is 9.17. The number of benzene rings is 1. The maximum Gasteiger partial charge on any atom is 0.295 e. The van der Waals surface area contributed by atoms with E-state index in [2.05, 4.69) is 41.9 Å². The number of piperazine rings is 1. The Labute approximate surface area is 212 Å². The van der Waals surface area contributed by atoms with Crippen molar-refractivity contribution in [1.29, 1.82) is 5.26 Å². The minimum atomic E-state index is -0.836. The van der Waals surface area contributed by atoms with Gasteiger partial charge in [-0.15, -0.1) is 5.10 Å². The van der Waals surface area contributed by atoms with Gasteiger partial charge in [0.2, 0.25) is 5.95 Å². The van der Waals surface area contributed by atoms with Gasteiger partial charge < -0.3 is 14.8 Å². The summed E-state index contributed by atoms with van der Waals surface area (Å²) in [5.74, 6) is -1.62. The number of carbonyl (C=O) groups is 2.